The summed E-state index contributed by atoms with van der Waals surface area (Å²) in [5.74, 6) is -1.66. The average Bonchev–Trinajstić information content (AvgIpc) is 2.43. The van der Waals surface area contributed by atoms with Crippen LogP contribution in [0.15, 0.2) is 28.8 Å². The summed E-state index contributed by atoms with van der Waals surface area (Å²) in [6.45, 7) is 0. The Morgan fingerprint density at radius 1 is 1.36 bits per heavy atom. The molecule has 9 heteroatoms. The van der Waals surface area contributed by atoms with Crippen molar-refractivity contribution in [2.45, 2.75) is 12.3 Å². The van der Waals surface area contributed by atoms with Crippen LogP contribution in [0.3, 0.4) is 0 Å². The van der Waals surface area contributed by atoms with E-state index >= 15 is 0 Å². The minimum atomic E-state index is -4.80. The van der Waals surface area contributed by atoms with E-state index in [9.17, 15) is 18.0 Å². The van der Waals surface area contributed by atoms with Gasteiger partial charge in [0.25, 0.3) is 5.91 Å². The Hall–Kier alpha value is -2.71. The van der Waals surface area contributed by atoms with E-state index in [2.05, 4.69) is 4.99 Å². The van der Waals surface area contributed by atoms with Crippen molar-refractivity contribution in [3.63, 3.8) is 0 Å². The van der Waals surface area contributed by atoms with Gasteiger partial charge in [0.15, 0.2) is 5.96 Å². The van der Waals surface area contributed by atoms with Gasteiger partial charge in [-0.1, -0.05) is 6.07 Å². The maximum absolute atomic E-state index is 13.1. The number of rotatable bonds is 2. The fourth-order valence-electron chi connectivity index (χ4n) is 1.97. The number of carbonyl (C=O) groups excluding carboxylic acids is 1. The zero-order chi connectivity index (χ0) is 16.5. The van der Waals surface area contributed by atoms with Gasteiger partial charge in [-0.3, -0.25) is 4.79 Å². The molecule has 1 aliphatic heterocycles. The molecule has 0 saturated carbocycles. The third-order valence-electron chi connectivity index (χ3n) is 2.85. The maximum atomic E-state index is 13.1. The fourth-order valence-corrected chi connectivity index (χ4v) is 1.97. The maximum Gasteiger partial charge on any atom is 0.429 e. The second-order valence-electron chi connectivity index (χ2n) is 4.35. The normalized spacial score (nSPS) is 16.9. The van der Waals surface area contributed by atoms with E-state index in [0.29, 0.717) is 0 Å². The van der Waals surface area contributed by atoms with Gasteiger partial charge in [0.2, 0.25) is 6.10 Å². The molecule has 0 fully saturated rings. The monoisotopic (exact) mass is 315 g/mol. The first-order chi connectivity index (χ1) is 10.2. The highest BCUT2D eigenvalue weighted by atomic mass is 19.4. The molecular weight excluding hydrogens is 303 g/mol. The fraction of sp³-hybridized carbons (Fsp3) is 0.231. The van der Waals surface area contributed by atoms with Crippen molar-refractivity contribution >= 4 is 17.9 Å². The minimum Gasteiger partial charge on any atom is -0.496 e. The smallest absolute Gasteiger partial charge is 0.429 e. The second-order valence-corrected chi connectivity index (χ2v) is 4.35. The highest BCUT2D eigenvalue weighted by molar-refractivity contribution is 6.06. The molecule has 1 aliphatic rings. The van der Waals surface area contributed by atoms with Crippen LogP contribution in [-0.4, -0.2) is 31.3 Å². The number of benzene rings is 1. The molecular formula is C13H12F3N3O3. The van der Waals surface area contributed by atoms with Crippen molar-refractivity contribution in [1.29, 1.82) is 0 Å². The predicted molar refractivity (Wildman–Crippen MR) is 72.3 cm³/mol. The molecule has 0 saturated heterocycles. The van der Waals surface area contributed by atoms with Crippen LogP contribution in [0.2, 0.25) is 0 Å². The molecule has 1 atom stereocenters. The first kappa shape index (κ1) is 15.7. The first-order valence-electron chi connectivity index (χ1n) is 6.00. The molecule has 1 unspecified atom stereocenters. The van der Waals surface area contributed by atoms with E-state index in [4.69, 9.17) is 20.9 Å². The minimum absolute atomic E-state index is 0.0528. The number of nitrogens with two attached hydrogens (primary N) is 2. The number of nitrogens with zero attached hydrogens (tertiary/aromatic N) is 1. The number of amides is 1. The van der Waals surface area contributed by atoms with Crippen LogP contribution in [0.5, 0.6) is 11.5 Å². The van der Waals surface area contributed by atoms with E-state index in [1.807, 2.05) is 0 Å². The van der Waals surface area contributed by atoms with E-state index in [1.165, 1.54) is 25.3 Å². The Morgan fingerprint density at radius 2 is 2.05 bits per heavy atom. The van der Waals surface area contributed by atoms with Crippen molar-refractivity contribution in [1.82, 2.24) is 0 Å². The van der Waals surface area contributed by atoms with Crippen molar-refractivity contribution in [3.05, 3.63) is 29.3 Å². The number of halogens is 3. The van der Waals surface area contributed by atoms with Crippen molar-refractivity contribution < 1.29 is 27.4 Å². The third-order valence-corrected chi connectivity index (χ3v) is 2.85. The number of fused-ring (bicyclic) bond motifs is 1. The molecule has 0 aliphatic carbocycles. The Morgan fingerprint density at radius 3 is 2.59 bits per heavy atom. The zero-order valence-electron chi connectivity index (χ0n) is 11.3. The number of hydrogen-bond acceptors (Lipinski definition) is 3. The number of hydrogen-bond donors (Lipinski definition) is 2. The van der Waals surface area contributed by atoms with Gasteiger partial charge in [-0.25, -0.2) is 0 Å². The van der Waals surface area contributed by atoms with E-state index < -0.39 is 29.7 Å². The molecule has 0 bridgehead atoms. The lowest BCUT2D eigenvalue weighted by Crippen LogP contribution is -2.40. The predicted octanol–water partition coefficient (Wildman–Crippen LogP) is 1.20. The summed E-state index contributed by atoms with van der Waals surface area (Å²) in [4.78, 5) is 15.0. The number of guanidine groups is 1. The van der Waals surface area contributed by atoms with Crippen LogP contribution in [0, 0.1) is 0 Å². The Bertz CT molecular complexity index is 664. The van der Waals surface area contributed by atoms with Gasteiger partial charge in [-0.2, -0.15) is 18.2 Å². The van der Waals surface area contributed by atoms with Gasteiger partial charge in [0.05, 0.1) is 18.2 Å². The molecule has 0 aromatic heterocycles. The van der Waals surface area contributed by atoms with Crippen LogP contribution in [0.4, 0.5) is 13.2 Å². The van der Waals surface area contributed by atoms with Gasteiger partial charge in [-0.15, -0.1) is 0 Å². The number of carbonyl (C=O) groups is 1. The third kappa shape index (κ3) is 2.97. The van der Waals surface area contributed by atoms with Crippen LogP contribution in [0.1, 0.15) is 5.56 Å². The van der Waals surface area contributed by atoms with E-state index in [-0.39, 0.29) is 17.1 Å². The van der Waals surface area contributed by atoms with Crippen LogP contribution >= 0.6 is 0 Å². The summed E-state index contributed by atoms with van der Waals surface area (Å²) in [5.41, 5.74) is 9.56. The molecule has 4 N–H and O–H groups in total. The number of aliphatic imine (C=N–C) groups is 1. The summed E-state index contributed by atoms with van der Waals surface area (Å²) in [7, 11) is 1.34. The molecule has 0 radical (unpaired) electrons. The molecule has 2 rings (SSSR count). The molecule has 6 nitrogen and oxygen atoms in total. The van der Waals surface area contributed by atoms with Crippen molar-refractivity contribution in [3.8, 4) is 11.5 Å². The van der Waals surface area contributed by atoms with E-state index in [0.717, 1.165) is 6.08 Å². The van der Waals surface area contributed by atoms with Crippen LogP contribution < -0.4 is 20.9 Å². The van der Waals surface area contributed by atoms with Gasteiger partial charge >= 0.3 is 6.18 Å². The summed E-state index contributed by atoms with van der Waals surface area (Å²) in [6.07, 6.45) is -6.24. The first-order valence-corrected chi connectivity index (χ1v) is 6.00. The lowest BCUT2D eigenvalue weighted by molar-refractivity contribution is -0.185. The van der Waals surface area contributed by atoms with Gasteiger partial charge in [0, 0.05) is 0 Å². The lowest BCUT2D eigenvalue weighted by Gasteiger charge is -2.28. The number of alkyl halides is 3. The molecule has 1 heterocycles. The SMILES string of the molecule is COc1cccc2c1C=C(C(=O)N=C(N)N)C(C(F)(F)F)O2. The average molecular weight is 315 g/mol. The molecule has 1 aromatic rings. The highest BCUT2D eigenvalue weighted by Crippen LogP contribution is 2.40. The Kier molecular flexibility index (Phi) is 3.98. The number of ether oxygens (including phenoxy) is 2. The Labute approximate surface area is 123 Å². The van der Waals surface area contributed by atoms with Gasteiger partial charge < -0.3 is 20.9 Å². The van der Waals surface area contributed by atoms with Gasteiger partial charge in [0.1, 0.15) is 11.5 Å². The second kappa shape index (κ2) is 5.58. The van der Waals surface area contributed by atoms with Crippen LogP contribution in [-0.2, 0) is 4.79 Å². The quantitative estimate of drug-likeness (QED) is 0.631. The summed E-state index contributed by atoms with van der Waals surface area (Å²) in [5, 5.41) is 0. The lowest BCUT2D eigenvalue weighted by atomic mass is 10.00. The topological polar surface area (TPSA) is 99.9 Å². The van der Waals surface area contributed by atoms with E-state index in [1.54, 1.807) is 0 Å². The van der Waals surface area contributed by atoms with Crippen LogP contribution in [0.25, 0.3) is 6.08 Å². The summed E-state index contributed by atoms with van der Waals surface area (Å²) < 4.78 is 49.3. The van der Waals surface area contributed by atoms with Gasteiger partial charge in [-0.05, 0) is 18.2 Å². The summed E-state index contributed by atoms with van der Waals surface area (Å²) >= 11 is 0. The highest BCUT2D eigenvalue weighted by Gasteiger charge is 2.48. The molecule has 1 aromatic carbocycles. The van der Waals surface area contributed by atoms with Crippen molar-refractivity contribution in [2.24, 2.45) is 16.5 Å². The molecule has 0 spiro atoms. The molecule has 22 heavy (non-hydrogen) atoms. The summed E-state index contributed by atoms with van der Waals surface area (Å²) in [6, 6.07) is 4.34. The largest absolute Gasteiger partial charge is 0.496 e. The zero-order valence-corrected chi connectivity index (χ0v) is 11.3. The Balaban J connectivity index is 2.59. The molecule has 118 valence electrons. The number of methoxy groups -OCH3 is 1. The standard InChI is InChI=1S/C13H12F3N3O3/c1-21-8-3-2-4-9-6(8)5-7(11(20)19-12(17)18)10(22-9)13(14,15)16/h2-5,10H,1H3,(H4,17,18,19,20). The van der Waals surface area contributed by atoms with Crippen molar-refractivity contribution in [2.75, 3.05) is 7.11 Å². The molecule has 1 amide bonds.